The average Bonchev–Trinajstić information content (AvgIpc) is 2.74. The van der Waals surface area contributed by atoms with Gasteiger partial charge in [0.25, 0.3) is 6.29 Å². The molecule has 0 rings (SSSR count). The molecule has 0 aromatic carbocycles. The third-order valence-electron chi connectivity index (χ3n) is 5.00. The van der Waals surface area contributed by atoms with E-state index in [0.717, 1.165) is 32.1 Å². The van der Waals surface area contributed by atoms with Crippen molar-refractivity contribution in [2.75, 3.05) is 47.5 Å². The SMILES string of the molecule is CCCCC/C=C\CCCCCCCC(=O)OCC(O)COC(OCC[N+](C)(C)C)C(=O)O. The van der Waals surface area contributed by atoms with Gasteiger partial charge in [-0.25, -0.2) is 4.79 Å². The zero-order chi connectivity index (χ0) is 25.0. The van der Waals surface area contributed by atoms with Crippen molar-refractivity contribution >= 4 is 11.9 Å². The fraction of sp³-hybridized carbons (Fsp3) is 0.840. The maximum absolute atomic E-state index is 11.8. The van der Waals surface area contributed by atoms with E-state index in [1.165, 1.54) is 32.1 Å². The molecule has 0 saturated heterocycles. The number of carbonyl (C=O) groups excluding carboxylic acids is 1. The van der Waals surface area contributed by atoms with Gasteiger partial charge in [-0.05, 0) is 32.1 Å². The van der Waals surface area contributed by atoms with Gasteiger partial charge in [0, 0.05) is 6.42 Å². The second kappa shape index (κ2) is 19.9. The molecule has 0 aromatic rings. The highest BCUT2D eigenvalue weighted by Crippen LogP contribution is 2.09. The fourth-order valence-electron chi connectivity index (χ4n) is 2.94. The molecule has 0 bridgehead atoms. The molecule has 0 heterocycles. The smallest absolute Gasteiger partial charge is 0.361 e. The minimum atomic E-state index is -1.46. The second-order valence-corrected chi connectivity index (χ2v) is 9.50. The monoisotopic (exact) mass is 474 g/mol. The minimum Gasteiger partial charge on any atom is -0.477 e. The first-order chi connectivity index (χ1) is 15.7. The van der Waals surface area contributed by atoms with Crippen LogP contribution in [0.2, 0.25) is 0 Å². The van der Waals surface area contributed by atoms with E-state index in [1.807, 2.05) is 21.1 Å². The Morgan fingerprint density at radius 3 is 2.09 bits per heavy atom. The van der Waals surface area contributed by atoms with Crippen molar-refractivity contribution in [1.29, 1.82) is 0 Å². The average molecular weight is 475 g/mol. The van der Waals surface area contributed by atoms with E-state index < -0.39 is 18.4 Å². The number of likely N-dealkylation sites (N-methyl/N-ethyl adjacent to an activating group) is 1. The Morgan fingerprint density at radius 1 is 0.879 bits per heavy atom. The summed E-state index contributed by atoms with van der Waals surface area (Å²) in [5.41, 5.74) is 0. The number of unbranched alkanes of at least 4 members (excludes halogenated alkanes) is 8. The van der Waals surface area contributed by atoms with Crippen LogP contribution < -0.4 is 0 Å². The lowest BCUT2D eigenvalue weighted by atomic mass is 10.1. The van der Waals surface area contributed by atoms with Crippen molar-refractivity contribution in [2.24, 2.45) is 0 Å². The molecule has 0 aliphatic rings. The van der Waals surface area contributed by atoms with Gasteiger partial charge in [-0.1, -0.05) is 51.2 Å². The number of hydrogen-bond acceptors (Lipinski definition) is 6. The van der Waals surface area contributed by atoms with Crippen LogP contribution in [0.25, 0.3) is 0 Å². The summed E-state index contributed by atoms with van der Waals surface area (Å²) in [5.74, 6) is -1.62. The van der Waals surface area contributed by atoms with Crippen LogP contribution in [0.1, 0.15) is 77.6 Å². The Kier molecular flexibility index (Phi) is 19.0. The van der Waals surface area contributed by atoms with Crippen molar-refractivity contribution in [3.63, 3.8) is 0 Å². The van der Waals surface area contributed by atoms with Crippen LogP contribution in [0.15, 0.2) is 12.2 Å². The molecule has 0 aliphatic carbocycles. The van der Waals surface area contributed by atoms with E-state index >= 15 is 0 Å². The van der Waals surface area contributed by atoms with Crippen molar-refractivity contribution < 1.29 is 38.5 Å². The molecule has 0 radical (unpaired) electrons. The number of carboxylic acids is 1. The van der Waals surface area contributed by atoms with Crippen LogP contribution in [0.5, 0.6) is 0 Å². The predicted molar refractivity (Wildman–Crippen MR) is 129 cm³/mol. The molecule has 33 heavy (non-hydrogen) atoms. The Morgan fingerprint density at radius 2 is 1.48 bits per heavy atom. The first-order valence-corrected chi connectivity index (χ1v) is 12.4. The number of carbonyl (C=O) groups is 2. The van der Waals surface area contributed by atoms with E-state index in [9.17, 15) is 14.7 Å². The van der Waals surface area contributed by atoms with Gasteiger partial charge < -0.3 is 28.9 Å². The van der Waals surface area contributed by atoms with Crippen molar-refractivity contribution in [1.82, 2.24) is 0 Å². The van der Waals surface area contributed by atoms with E-state index in [1.54, 1.807) is 0 Å². The summed E-state index contributed by atoms with van der Waals surface area (Å²) in [6.07, 6.45) is 13.6. The zero-order valence-electron chi connectivity index (χ0n) is 21.3. The molecule has 0 spiro atoms. The number of esters is 1. The molecule has 8 nitrogen and oxygen atoms in total. The number of carboxylic acid groups (broad SMARTS) is 1. The highest BCUT2D eigenvalue weighted by atomic mass is 16.7. The molecular weight excluding hydrogens is 426 g/mol. The van der Waals surface area contributed by atoms with Crippen LogP contribution in [0.3, 0.4) is 0 Å². The summed E-state index contributed by atoms with van der Waals surface area (Å²) in [7, 11) is 5.90. The van der Waals surface area contributed by atoms with Crippen LogP contribution in [-0.2, 0) is 23.8 Å². The molecule has 0 fully saturated rings. The Bertz CT molecular complexity index is 531. The maximum Gasteiger partial charge on any atom is 0.361 e. The highest BCUT2D eigenvalue weighted by Gasteiger charge is 2.22. The molecular formula is C25H48NO7+. The number of nitrogens with zero attached hydrogens (tertiary/aromatic N) is 1. The molecule has 194 valence electrons. The number of rotatable bonds is 22. The van der Waals surface area contributed by atoms with E-state index in [0.29, 0.717) is 17.4 Å². The third kappa shape index (κ3) is 22.1. The van der Waals surface area contributed by atoms with Gasteiger partial charge in [0.2, 0.25) is 0 Å². The lowest BCUT2D eigenvalue weighted by Gasteiger charge is -2.24. The largest absolute Gasteiger partial charge is 0.477 e. The zero-order valence-corrected chi connectivity index (χ0v) is 21.3. The highest BCUT2D eigenvalue weighted by molar-refractivity contribution is 5.70. The lowest BCUT2D eigenvalue weighted by molar-refractivity contribution is -0.870. The number of aliphatic carboxylic acids is 1. The number of hydrogen-bond donors (Lipinski definition) is 2. The maximum atomic E-state index is 11.8. The molecule has 2 atom stereocenters. The van der Waals surface area contributed by atoms with Crippen LogP contribution in [0, 0.1) is 0 Å². The number of aliphatic hydroxyl groups is 1. The molecule has 2 N–H and O–H groups in total. The van der Waals surface area contributed by atoms with Gasteiger partial charge in [-0.15, -0.1) is 0 Å². The molecule has 2 unspecified atom stereocenters. The molecule has 8 heteroatoms. The molecule has 0 aliphatic heterocycles. The summed E-state index contributed by atoms with van der Waals surface area (Å²) in [6.45, 7) is 2.52. The standard InChI is InChI=1S/C25H47NO7/c1-5-6-7-8-9-10-11-12-13-14-15-16-17-23(28)32-20-22(27)21-33-25(24(29)30)31-19-18-26(2,3)4/h9-10,22,25,27H,5-8,11-21H2,1-4H3/p+1/b10-9-. The van der Waals surface area contributed by atoms with Crippen LogP contribution >= 0.6 is 0 Å². The fourth-order valence-corrected chi connectivity index (χ4v) is 2.94. The van der Waals surface area contributed by atoms with Crippen LogP contribution in [-0.4, -0.2) is 86.5 Å². The topological polar surface area (TPSA) is 102 Å². The summed E-state index contributed by atoms with van der Waals surface area (Å²) in [4.78, 5) is 23.0. The summed E-state index contributed by atoms with van der Waals surface area (Å²) >= 11 is 0. The third-order valence-corrected chi connectivity index (χ3v) is 5.00. The van der Waals surface area contributed by atoms with Crippen molar-refractivity contribution in [3.05, 3.63) is 12.2 Å². The summed E-state index contributed by atoms with van der Waals surface area (Å²) in [5, 5.41) is 19.0. The lowest BCUT2D eigenvalue weighted by Crippen LogP contribution is -2.40. The predicted octanol–water partition coefficient (Wildman–Crippen LogP) is 3.91. The summed E-state index contributed by atoms with van der Waals surface area (Å²) in [6, 6.07) is 0. The number of allylic oxidation sites excluding steroid dienone is 2. The second-order valence-electron chi connectivity index (χ2n) is 9.50. The summed E-state index contributed by atoms with van der Waals surface area (Å²) < 4.78 is 16.0. The minimum absolute atomic E-state index is 0.210. The van der Waals surface area contributed by atoms with Crippen molar-refractivity contribution in [3.8, 4) is 0 Å². The Labute approximate surface area is 200 Å². The molecule has 0 saturated carbocycles. The van der Waals surface area contributed by atoms with Gasteiger partial charge in [0.15, 0.2) is 0 Å². The Hall–Kier alpha value is -1.48. The van der Waals surface area contributed by atoms with E-state index in [4.69, 9.17) is 19.3 Å². The normalized spacial score (nSPS) is 13.8. The van der Waals surface area contributed by atoms with Gasteiger partial charge in [-0.3, -0.25) is 4.79 Å². The Balaban J connectivity index is 3.74. The van der Waals surface area contributed by atoms with Gasteiger partial charge in [-0.2, -0.15) is 0 Å². The van der Waals surface area contributed by atoms with E-state index in [-0.39, 0.29) is 25.8 Å². The molecule has 0 aromatic heterocycles. The van der Waals surface area contributed by atoms with Gasteiger partial charge >= 0.3 is 11.9 Å². The number of ether oxygens (including phenoxy) is 3. The van der Waals surface area contributed by atoms with Gasteiger partial charge in [0.1, 0.15) is 19.3 Å². The molecule has 0 amide bonds. The van der Waals surface area contributed by atoms with Gasteiger partial charge in [0.05, 0.1) is 34.4 Å². The first-order valence-electron chi connectivity index (χ1n) is 12.4. The van der Waals surface area contributed by atoms with E-state index in [2.05, 4.69) is 19.1 Å². The van der Waals surface area contributed by atoms with Crippen LogP contribution in [0.4, 0.5) is 0 Å². The first kappa shape index (κ1) is 31.5. The number of quaternary nitrogens is 1. The van der Waals surface area contributed by atoms with Crippen molar-refractivity contribution in [2.45, 2.75) is 89.9 Å². The number of aliphatic hydroxyl groups excluding tert-OH is 1. The quantitative estimate of drug-likeness (QED) is 0.0806.